The van der Waals surface area contributed by atoms with E-state index in [4.69, 9.17) is 25.6 Å². The van der Waals surface area contributed by atoms with Gasteiger partial charge in [0.1, 0.15) is 23.9 Å². The lowest BCUT2D eigenvalue weighted by Gasteiger charge is -2.09. The predicted molar refractivity (Wildman–Crippen MR) is 128 cm³/mol. The van der Waals surface area contributed by atoms with Crippen LogP contribution in [-0.2, 0) is 6.61 Å². The molecule has 3 aromatic carbocycles. The van der Waals surface area contributed by atoms with E-state index in [9.17, 15) is 9.59 Å². The van der Waals surface area contributed by atoms with Crippen molar-refractivity contribution in [3.63, 3.8) is 0 Å². The van der Waals surface area contributed by atoms with Crippen molar-refractivity contribution in [3.8, 4) is 11.5 Å². The van der Waals surface area contributed by atoms with Gasteiger partial charge in [-0.2, -0.15) is 0 Å². The van der Waals surface area contributed by atoms with Gasteiger partial charge in [0.25, 0.3) is 5.91 Å². The van der Waals surface area contributed by atoms with E-state index in [0.29, 0.717) is 39.1 Å². The van der Waals surface area contributed by atoms with Crippen LogP contribution in [0, 0.1) is 13.8 Å². The number of rotatable bonds is 7. The highest BCUT2D eigenvalue weighted by molar-refractivity contribution is 6.34. The fourth-order valence-corrected chi connectivity index (χ4v) is 3.41. The van der Waals surface area contributed by atoms with E-state index in [2.05, 4.69) is 10.5 Å². The number of esters is 1. The average molecular weight is 477 g/mol. The fourth-order valence-electron chi connectivity index (χ4n) is 3.19. The Kier molecular flexibility index (Phi) is 6.94. The van der Waals surface area contributed by atoms with Gasteiger partial charge in [-0.15, -0.1) is 0 Å². The molecule has 34 heavy (non-hydrogen) atoms. The quantitative estimate of drug-likeness (QED) is 0.260. The van der Waals surface area contributed by atoms with Gasteiger partial charge >= 0.3 is 5.97 Å². The summed E-state index contributed by atoms with van der Waals surface area (Å²) in [5.41, 5.74) is 2.89. The number of anilines is 1. The van der Waals surface area contributed by atoms with E-state index in [1.165, 1.54) is 0 Å². The largest absolute Gasteiger partial charge is 0.489 e. The maximum Gasteiger partial charge on any atom is 0.343 e. The van der Waals surface area contributed by atoms with Crippen molar-refractivity contribution in [1.29, 1.82) is 0 Å². The molecule has 0 fully saturated rings. The zero-order valence-corrected chi connectivity index (χ0v) is 19.3. The topological polar surface area (TPSA) is 90.7 Å². The van der Waals surface area contributed by atoms with Crippen LogP contribution in [0.3, 0.4) is 0 Å². The van der Waals surface area contributed by atoms with Crippen LogP contribution in [0.25, 0.3) is 0 Å². The first kappa shape index (κ1) is 23.1. The minimum atomic E-state index is -0.532. The molecular weight excluding hydrogens is 456 g/mol. The number of nitrogens with one attached hydrogen (secondary N) is 1. The summed E-state index contributed by atoms with van der Waals surface area (Å²) in [4.78, 5) is 25.0. The van der Waals surface area contributed by atoms with E-state index < -0.39 is 5.97 Å². The first-order valence-electron chi connectivity index (χ1n) is 10.4. The second-order valence-corrected chi connectivity index (χ2v) is 7.87. The number of aryl methyl sites for hydroxylation is 2. The standard InChI is InChI=1S/C26H21ClN2O5/c1-16-23(17(2)34-29-16)15-32-21-7-5-6-18(14-21)26(31)33-20-12-10-19(11-13-20)28-25(30)22-8-3-4-9-24(22)27/h3-14H,15H2,1-2H3,(H,28,30). The Labute approximate surface area is 201 Å². The van der Waals surface area contributed by atoms with Crippen LogP contribution in [0.1, 0.15) is 37.7 Å². The molecule has 1 heterocycles. The van der Waals surface area contributed by atoms with E-state index >= 15 is 0 Å². The molecule has 1 aromatic heterocycles. The Morgan fingerprint density at radius 1 is 0.971 bits per heavy atom. The Balaban J connectivity index is 1.37. The molecule has 0 aliphatic carbocycles. The van der Waals surface area contributed by atoms with E-state index in [1.807, 2.05) is 13.8 Å². The molecule has 0 saturated heterocycles. The summed E-state index contributed by atoms with van der Waals surface area (Å²) in [6, 6.07) is 20.0. The Morgan fingerprint density at radius 2 is 1.74 bits per heavy atom. The Bertz CT molecular complexity index is 1310. The number of benzene rings is 3. The van der Waals surface area contributed by atoms with Gasteiger partial charge in [0.05, 0.1) is 27.4 Å². The van der Waals surface area contributed by atoms with Crippen LogP contribution in [-0.4, -0.2) is 17.0 Å². The smallest absolute Gasteiger partial charge is 0.343 e. The predicted octanol–water partition coefficient (Wildman–Crippen LogP) is 6.00. The SMILES string of the molecule is Cc1noc(C)c1COc1cccc(C(=O)Oc2ccc(NC(=O)c3ccccc3Cl)cc2)c1. The van der Waals surface area contributed by atoms with E-state index in [0.717, 1.165) is 11.3 Å². The third-order valence-corrected chi connectivity index (χ3v) is 5.40. The summed E-state index contributed by atoms with van der Waals surface area (Å²) in [6.45, 7) is 3.94. The summed E-state index contributed by atoms with van der Waals surface area (Å²) in [7, 11) is 0. The normalized spacial score (nSPS) is 10.6. The number of aromatic nitrogens is 1. The lowest BCUT2D eigenvalue weighted by Crippen LogP contribution is -2.12. The number of nitrogens with zero attached hydrogens (tertiary/aromatic N) is 1. The Morgan fingerprint density at radius 3 is 2.44 bits per heavy atom. The zero-order chi connectivity index (χ0) is 24.1. The molecule has 0 aliphatic rings. The van der Waals surface area contributed by atoms with Gasteiger partial charge in [-0.1, -0.05) is 35.0 Å². The zero-order valence-electron chi connectivity index (χ0n) is 18.5. The molecule has 0 unspecified atom stereocenters. The molecule has 0 aliphatic heterocycles. The highest BCUT2D eigenvalue weighted by Crippen LogP contribution is 2.22. The summed E-state index contributed by atoms with van der Waals surface area (Å²) < 4.78 is 16.4. The monoisotopic (exact) mass is 476 g/mol. The molecule has 8 heteroatoms. The molecular formula is C26H21ClN2O5. The molecule has 0 bridgehead atoms. The summed E-state index contributed by atoms with van der Waals surface area (Å²) in [5, 5.41) is 7.03. The second-order valence-electron chi connectivity index (χ2n) is 7.47. The number of hydrogen-bond donors (Lipinski definition) is 1. The fraction of sp³-hybridized carbons (Fsp3) is 0.115. The van der Waals surface area contributed by atoms with Gasteiger partial charge in [0, 0.05) is 5.69 Å². The number of halogens is 1. The van der Waals surface area contributed by atoms with Crippen LogP contribution in [0.4, 0.5) is 5.69 Å². The molecule has 172 valence electrons. The summed E-state index contributed by atoms with van der Waals surface area (Å²) >= 11 is 6.06. The maximum atomic E-state index is 12.6. The third kappa shape index (κ3) is 5.44. The molecule has 0 atom stereocenters. The average Bonchev–Trinajstić information content (AvgIpc) is 3.16. The molecule has 7 nitrogen and oxygen atoms in total. The summed E-state index contributed by atoms with van der Waals surface area (Å²) in [6.07, 6.45) is 0. The minimum absolute atomic E-state index is 0.279. The summed E-state index contributed by atoms with van der Waals surface area (Å²) in [5.74, 6) is 0.689. The van der Waals surface area contributed by atoms with Gasteiger partial charge in [-0.05, 0) is 68.4 Å². The van der Waals surface area contributed by atoms with Crippen LogP contribution < -0.4 is 14.8 Å². The molecule has 4 rings (SSSR count). The molecule has 1 amide bonds. The van der Waals surface area contributed by atoms with Gasteiger partial charge < -0.3 is 19.3 Å². The van der Waals surface area contributed by atoms with Crippen LogP contribution in [0.15, 0.2) is 77.3 Å². The van der Waals surface area contributed by atoms with Crippen molar-refractivity contribution in [1.82, 2.24) is 5.16 Å². The molecule has 1 N–H and O–H groups in total. The van der Waals surface area contributed by atoms with Crippen molar-refractivity contribution in [2.75, 3.05) is 5.32 Å². The van der Waals surface area contributed by atoms with Gasteiger partial charge in [0.2, 0.25) is 0 Å². The van der Waals surface area contributed by atoms with E-state index in [1.54, 1.807) is 72.8 Å². The number of carbonyl (C=O) groups excluding carboxylic acids is 2. The van der Waals surface area contributed by atoms with E-state index in [-0.39, 0.29) is 12.5 Å². The number of amides is 1. The van der Waals surface area contributed by atoms with Crippen molar-refractivity contribution in [2.45, 2.75) is 20.5 Å². The lowest BCUT2D eigenvalue weighted by atomic mass is 10.2. The van der Waals surface area contributed by atoms with Crippen LogP contribution in [0.5, 0.6) is 11.5 Å². The van der Waals surface area contributed by atoms with Crippen molar-refractivity contribution in [3.05, 3.63) is 106 Å². The lowest BCUT2D eigenvalue weighted by molar-refractivity contribution is 0.0734. The second kappa shape index (κ2) is 10.2. The number of hydrogen-bond acceptors (Lipinski definition) is 6. The van der Waals surface area contributed by atoms with Gasteiger partial charge in [0.15, 0.2) is 0 Å². The van der Waals surface area contributed by atoms with Crippen molar-refractivity contribution >= 4 is 29.2 Å². The highest BCUT2D eigenvalue weighted by Gasteiger charge is 2.13. The van der Waals surface area contributed by atoms with Crippen molar-refractivity contribution < 1.29 is 23.6 Å². The van der Waals surface area contributed by atoms with Gasteiger partial charge in [-0.25, -0.2) is 4.79 Å². The molecule has 4 aromatic rings. The molecule has 0 saturated carbocycles. The first-order chi connectivity index (χ1) is 16.4. The molecule has 0 radical (unpaired) electrons. The highest BCUT2D eigenvalue weighted by atomic mass is 35.5. The van der Waals surface area contributed by atoms with Crippen LogP contribution >= 0.6 is 11.6 Å². The Hall–Kier alpha value is -4.10. The first-order valence-corrected chi connectivity index (χ1v) is 10.8. The van der Waals surface area contributed by atoms with Crippen molar-refractivity contribution in [2.24, 2.45) is 0 Å². The van der Waals surface area contributed by atoms with Gasteiger partial charge in [-0.3, -0.25) is 4.79 Å². The number of carbonyl (C=O) groups is 2. The maximum absolute atomic E-state index is 12.6. The number of ether oxygens (including phenoxy) is 2. The minimum Gasteiger partial charge on any atom is -0.489 e. The molecule has 0 spiro atoms. The third-order valence-electron chi connectivity index (χ3n) is 5.08. The van der Waals surface area contributed by atoms with Crippen LogP contribution in [0.2, 0.25) is 5.02 Å².